The minimum absolute atomic E-state index is 0.0409. The third kappa shape index (κ3) is 5.51. The maximum Gasteiger partial charge on any atom is 0.238 e. The fourth-order valence-corrected chi connectivity index (χ4v) is 3.62. The van der Waals surface area contributed by atoms with Gasteiger partial charge in [0.15, 0.2) is 0 Å². The lowest BCUT2D eigenvalue weighted by atomic mass is 10.1. The van der Waals surface area contributed by atoms with Crippen LogP contribution >= 0.6 is 0 Å². The number of amides is 1. The van der Waals surface area contributed by atoms with Gasteiger partial charge in [0, 0.05) is 19.6 Å². The number of rotatable bonds is 7. The molecule has 0 aromatic heterocycles. The predicted octanol–water partition coefficient (Wildman–Crippen LogP) is 2.70. The second-order valence-electron chi connectivity index (χ2n) is 7.42. The quantitative estimate of drug-likeness (QED) is 0.608. The minimum Gasteiger partial charge on any atom is -0.355 e. The number of carbonyl (C=O) groups is 1. The lowest BCUT2D eigenvalue weighted by Crippen LogP contribution is -2.33. The molecule has 1 aromatic rings. The highest BCUT2D eigenvalue weighted by Gasteiger charge is 2.40. The number of benzene rings is 1. The first kappa shape index (κ1) is 18.3. The van der Waals surface area contributed by atoms with Crippen molar-refractivity contribution < 1.29 is 9.18 Å². The lowest BCUT2D eigenvalue weighted by molar-refractivity contribution is -0.121. The van der Waals surface area contributed by atoms with Gasteiger partial charge in [0.05, 0.1) is 0 Å². The Morgan fingerprint density at radius 2 is 2.00 bits per heavy atom. The highest BCUT2D eigenvalue weighted by molar-refractivity contribution is 5.84. The number of hydrogen-bond acceptors (Lipinski definition) is 3. The van der Waals surface area contributed by atoms with E-state index in [4.69, 9.17) is 0 Å². The lowest BCUT2D eigenvalue weighted by Gasteiger charge is -2.19. The van der Waals surface area contributed by atoms with Crippen LogP contribution in [0.3, 0.4) is 0 Å². The molecule has 0 aliphatic carbocycles. The molecule has 2 atom stereocenters. The number of nitrogens with one attached hydrogen (secondary N) is 1. The summed E-state index contributed by atoms with van der Waals surface area (Å²) in [6, 6.07) is 4.81. The Kier molecular flexibility index (Phi) is 6.43. The van der Waals surface area contributed by atoms with E-state index in [1.807, 2.05) is 6.92 Å². The second-order valence-corrected chi connectivity index (χ2v) is 7.42. The van der Waals surface area contributed by atoms with Crippen molar-refractivity contribution in [2.24, 2.45) is 0 Å². The number of halogens is 1. The first-order valence-corrected chi connectivity index (χ1v) is 9.62. The Morgan fingerprint density at radius 3 is 2.76 bits per heavy atom. The average Bonchev–Trinajstić information content (AvgIpc) is 3.39. The van der Waals surface area contributed by atoms with E-state index in [2.05, 4.69) is 15.1 Å². The van der Waals surface area contributed by atoms with Gasteiger partial charge in [-0.1, -0.05) is 18.9 Å². The molecule has 0 spiro atoms. The molecule has 4 nitrogen and oxygen atoms in total. The summed E-state index contributed by atoms with van der Waals surface area (Å²) in [7, 11) is 0. The van der Waals surface area contributed by atoms with Crippen LogP contribution in [0.15, 0.2) is 18.2 Å². The van der Waals surface area contributed by atoms with Crippen LogP contribution in [0.4, 0.5) is 4.39 Å². The zero-order chi connectivity index (χ0) is 17.6. The van der Waals surface area contributed by atoms with E-state index in [1.165, 1.54) is 44.8 Å². The van der Waals surface area contributed by atoms with Gasteiger partial charge < -0.3 is 10.2 Å². The normalized spacial score (nSPS) is 23.9. The average molecular weight is 347 g/mol. The molecule has 0 bridgehead atoms. The highest BCUT2D eigenvalue weighted by Crippen LogP contribution is 2.23. The molecule has 1 amide bonds. The number of nitrogens with zero attached hydrogens (tertiary/aromatic N) is 2. The highest BCUT2D eigenvalue weighted by atomic mass is 19.1. The smallest absolute Gasteiger partial charge is 0.238 e. The molecule has 138 valence electrons. The fourth-order valence-electron chi connectivity index (χ4n) is 3.62. The summed E-state index contributed by atoms with van der Waals surface area (Å²) in [6.07, 6.45) is 6.35. The molecule has 1 aromatic carbocycles. The summed E-state index contributed by atoms with van der Waals surface area (Å²) < 4.78 is 13.4. The van der Waals surface area contributed by atoms with E-state index in [1.54, 1.807) is 12.1 Å². The van der Waals surface area contributed by atoms with Gasteiger partial charge in [-0.3, -0.25) is 9.69 Å². The molecule has 2 unspecified atom stereocenters. The summed E-state index contributed by atoms with van der Waals surface area (Å²) in [5.41, 5.74) is 2.04. The predicted molar refractivity (Wildman–Crippen MR) is 97.9 cm³/mol. The Morgan fingerprint density at radius 1 is 1.24 bits per heavy atom. The largest absolute Gasteiger partial charge is 0.355 e. The maximum absolute atomic E-state index is 13.4. The fraction of sp³-hybridized carbons (Fsp3) is 0.650. The van der Waals surface area contributed by atoms with E-state index < -0.39 is 0 Å². The Hall–Kier alpha value is -1.46. The van der Waals surface area contributed by atoms with Gasteiger partial charge in [0.1, 0.15) is 11.9 Å². The van der Waals surface area contributed by atoms with E-state index in [-0.39, 0.29) is 17.8 Å². The Bertz CT molecular complexity index is 584. The molecule has 3 rings (SSSR count). The van der Waals surface area contributed by atoms with Crippen molar-refractivity contribution in [1.29, 1.82) is 0 Å². The molecule has 1 N–H and O–H groups in total. The Balaban J connectivity index is 1.33. The van der Waals surface area contributed by atoms with Gasteiger partial charge in [-0.05, 0) is 69.1 Å². The third-order valence-electron chi connectivity index (χ3n) is 5.35. The van der Waals surface area contributed by atoms with Crippen molar-refractivity contribution in [3.63, 3.8) is 0 Å². The van der Waals surface area contributed by atoms with Crippen molar-refractivity contribution in [2.45, 2.75) is 51.6 Å². The standard InChI is InChI=1S/C20H30FN3O/c1-16-7-8-18(21)13-17(16)14-24-15-19(24)20(25)22-9-6-12-23-10-4-2-3-5-11-23/h7-8,13,19H,2-6,9-12,14-15H2,1H3,(H,22,25). The Labute approximate surface area is 150 Å². The molecule has 2 fully saturated rings. The van der Waals surface area contributed by atoms with Crippen molar-refractivity contribution in [3.05, 3.63) is 35.1 Å². The number of carbonyl (C=O) groups excluding carboxylic acids is 1. The van der Waals surface area contributed by atoms with Crippen LogP contribution in [-0.2, 0) is 11.3 Å². The van der Waals surface area contributed by atoms with Gasteiger partial charge >= 0.3 is 0 Å². The van der Waals surface area contributed by atoms with Gasteiger partial charge in [0.2, 0.25) is 5.91 Å². The van der Waals surface area contributed by atoms with Crippen LogP contribution in [0.5, 0.6) is 0 Å². The van der Waals surface area contributed by atoms with E-state index in [0.717, 1.165) is 37.2 Å². The van der Waals surface area contributed by atoms with Crippen molar-refractivity contribution in [2.75, 3.05) is 32.7 Å². The topological polar surface area (TPSA) is 35.4 Å². The molecular weight excluding hydrogens is 317 g/mol. The van der Waals surface area contributed by atoms with Gasteiger partial charge in [-0.15, -0.1) is 0 Å². The molecule has 25 heavy (non-hydrogen) atoms. The van der Waals surface area contributed by atoms with Crippen molar-refractivity contribution >= 4 is 5.91 Å². The molecule has 2 heterocycles. The first-order valence-electron chi connectivity index (χ1n) is 9.62. The van der Waals surface area contributed by atoms with Crippen LogP contribution in [0, 0.1) is 12.7 Å². The molecule has 0 saturated carbocycles. The van der Waals surface area contributed by atoms with Crippen LogP contribution in [-0.4, -0.2) is 54.5 Å². The summed E-state index contributed by atoms with van der Waals surface area (Å²) in [4.78, 5) is 16.8. The summed E-state index contributed by atoms with van der Waals surface area (Å²) in [6.45, 7) is 7.64. The van der Waals surface area contributed by atoms with Crippen LogP contribution in [0.1, 0.15) is 43.2 Å². The second kappa shape index (κ2) is 8.77. The van der Waals surface area contributed by atoms with E-state index in [9.17, 15) is 9.18 Å². The first-order chi connectivity index (χ1) is 12.1. The molecule has 5 heteroatoms. The minimum atomic E-state index is -0.211. The molecular formula is C20H30FN3O. The zero-order valence-electron chi connectivity index (χ0n) is 15.3. The molecule has 2 aliphatic heterocycles. The third-order valence-corrected chi connectivity index (χ3v) is 5.35. The van der Waals surface area contributed by atoms with Gasteiger partial charge in [-0.2, -0.15) is 0 Å². The number of hydrogen-bond donors (Lipinski definition) is 1. The van der Waals surface area contributed by atoms with Crippen LogP contribution in [0.25, 0.3) is 0 Å². The summed E-state index contributed by atoms with van der Waals surface area (Å²) >= 11 is 0. The molecule has 0 radical (unpaired) electrons. The SMILES string of the molecule is Cc1ccc(F)cc1CN1CC1C(=O)NCCCN1CCCCCC1. The van der Waals surface area contributed by atoms with E-state index in [0.29, 0.717) is 6.54 Å². The van der Waals surface area contributed by atoms with Crippen molar-refractivity contribution in [1.82, 2.24) is 15.1 Å². The van der Waals surface area contributed by atoms with Gasteiger partial charge in [-0.25, -0.2) is 4.39 Å². The van der Waals surface area contributed by atoms with Crippen LogP contribution in [0.2, 0.25) is 0 Å². The summed E-state index contributed by atoms with van der Waals surface area (Å²) in [5, 5.41) is 3.06. The van der Waals surface area contributed by atoms with E-state index >= 15 is 0 Å². The van der Waals surface area contributed by atoms with Crippen LogP contribution < -0.4 is 5.32 Å². The molecule has 2 saturated heterocycles. The molecule has 2 aliphatic rings. The number of aryl methyl sites for hydroxylation is 1. The van der Waals surface area contributed by atoms with Gasteiger partial charge in [0.25, 0.3) is 0 Å². The number of likely N-dealkylation sites (tertiary alicyclic amines) is 1. The zero-order valence-corrected chi connectivity index (χ0v) is 15.3. The van der Waals surface area contributed by atoms with Crippen molar-refractivity contribution in [3.8, 4) is 0 Å². The monoisotopic (exact) mass is 347 g/mol. The maximum atomic E-state index is 13.4. The summed E-state index contributed by atoms with van der Waals surface area (Å²) in [5.74, 6) is -0.0955.